The second kappa shape index (κ2) is 5.41. The number of carboxylic acid groups (broad SMARTS) is 1. The molecule has 0 radical (unpaired) electrons. The number of anilines is 1. The van der Waals surface area contributed by atoms with E-state index < -0.39 is 5.97 Å². The lowest BCUT2D eigenvalue weighted by Gasteiger charge is -2.15. The summed E-state index contributed by atoms with van der Waals surface area (Å²) in [7, 11) is 0. The van der Waals surface area contributed by atoms with Crippen molar-refractivity contribution in [3.05, 3.63) is 27.7 Å². The Hall–Kier alpha value is -0.930. The third kappa shape index (κ3) is 3.58. The maximum absolute atomic E-state index is 10.5. The van der Waals surface area contributed by atoms with E-state index in [1.807, 2.05) is 6.92 Å². The zero-order valence-electron chi connectivity index (χ0n) is 9.05. The molecule has 3 nitrogen and oxygen atoms in total. The van der Waals surface area contributed by atoms with Crippen molar-refractivity contribution in [3.8, 4) is 0 Å². The van der Waals surface area contributed by atoms with Crippen LogP contribution in [0.25, 0.3) is 0 Å². The van der Waals surface area contributed by atoms with Crippen LogP contribution >= 0.6 is 23.2 Å². The van der Waals surface area contributed by atoms with Gasteiger partial charge in [0.15, 0.2) is 0 Å². The Morgan fingerprint density at radius 1 is 1.44 bits per heavy atom. The van der Waals surface area contributed by atoms with E-state index in [0.29, 0.717) is 15.7 Å². The number of benzene rings is 1. The van der Waals surface area contributed by atoms with Crippen LogP contribution in [-0.2, 0) is 4.79 Å². The van der Waals surface area contributed by atoms with Gasteiger partial charge in [-0.15, -0.1) is 0 Å². The van der Waals surface area contributed by atoms with Crippen LogP contribution in [0.2, 0.25) is 10.0 Å². The van der Waals surface area contributed by atoms with E-state index in [-0.39, 0.29) is 12.5 Å². The summed E-state index contributed by atoms with van der Waals surface area (Å²) in [4.78, 5) is 10.5. The SMILES string of the molecule is Cc1cc(Cl)c(NC(C)CC(=O)O)cc1Cl. The normalized spacial score (nSPS) is 12.2. The number of nitrogens with one attached hydrogen (secondary N) is 1. The molecule has 16 heavy (non-hydrogen) atoms. The molecule has 0 fully saturated rings. The number of carboxylic acids is 1. The number of rotatable bonds is 4. The van der Waals surface area contributed by atoms with Gasteiger partial charge in [-0.2, -0.15) is 0 Å². The predicted octanol–water partition coefficient (Wildman–Crippen LogP) is 3.58. The Morgan fingerprint density at radius 2 is 2.06 bits per heavy atom. The van der Waals surface area contributed by atoms with Crippen LogP contribution in [0.4, 0.5) is 5.69 Å². The Labute approximate surface area is 104 Å². The first-order chi connectivity index (χ1) is 7.40. The predicted molar refractivity (Wildman–Crippen MR) is 66.5 cm³/mol. The zero-order chi connectivity index (χ0) is 12.3. The maximum Gasteiger partial charge on any atom is 0.305 e. The van der Waals surface area contributed by atoms with Crippen molar-refractivity contribution >= 4 is 34.9 Å². The maximum atomic E-state index is 10.5. The van der Waals surface area contributed by atoms with E-state index in [1.54, 1.807) is 19.1 Å². The highest BCUT2D eigenvalue weighted by Crippen LogP contribution is 2.29. The molecule has 0 spiro atoms. The van der Waals surface area contributed by atoms with Gasteiger partial charge in [0, 0.05) is 11.1 Å². The highest BCUT2D eigenvalue weighted by molar-refractivity contribution is 6.35. The minimum absolute atomic E-state index is 0.0296. The fourth-order valence-corrected chi connectivity index (χ4v) is 1.77. The van der Waals surface area contributed by atoms with Gasteiger partial charge in [-0.1, -0.05) is 23.2 Å². The lowest BCUT2D eigenvalue weighted by Crippen LogP contribution is -2.19. The van der Waals surface area contributed by atoms with Crippen molar-refractivity contribution in [3.63, 3.8) is 0 Å². The van der Waals surface area contributed by atoms with Crippen LogP contribution in [0.1, 0.15) is 18.9 Å². The van der Waals surface area contributed by atoms with Crippen molar-refractivity contribution < 1.29 is 9.90 Å². The molecular weight excluding hydrogens is 249 g/mol. The van der Waals surface area contributed by atoms with Gasteiger partial charge in [0.05, 0.1) is 17.1 Å². The average Bonchev–Trinajstić information content (AvgIpc) is 2.12. The van der Waals surface area contributed by atoms with Gasteiger partial charge >= 0.3 is 5.97 Å². The molecule has 1 unspecified atom stereocenters. The first-order valence-electron chi connectivity index (χ1n) is 4.84. The Morgan fingerprint density at radius 3 is 2.62 bits per heavy atom. The number of carbonyl (C=O) groups is 1. The third-order valence-corrected chi connectivity index (χ3v) is 2.85. The number of aliphatic carboxylic acids is 1. The van der Waals surface area contributed by atoms with Gasteiger partial charge in [0.25, 0.3) is 0 Å². The van der Waals surface area contributed by atoms with Crippen molar-refractivity contribution in [1.82, 2.24) is 0 Å². The van der Waals surface area contributed by atoms with Crippen molar-refractivity contribution in [2.45, 2.75) is 26.3 Å². The summed E-state index contributed by atoms with van der Waals surface area (Å²) >= 11 is 12.0. The molecule has 0 saturated heterocycles. The molecule has 0 heterocycles. The summed E-state index contributed by atoms with van der Waals surface area (Å²) in [5.41, 5.74) is 1.55. The van der Waals surface area contributed by atoms with E-state index in [0.717, 1.165) is 5.56 Å². The topological polar surface area (TPSA) is 49.3 Å². The van der Waals surface area contributed by atoms with Gasteiger partial charge in [-0.05, 0) is 31.5 Å². The fraction of sp³-hybridized carbons (Fsp3) is 0.364. The second-order valence-corrected chi connectivity index (χ2v) is 4.54. The largest absolute Gasteiger partial charge is 0.481 e. The Bertz CT molecular complexity index is 407. The fourth-order valence-electron chi connectivity index (χ4n) is 1.34. The van der Waals surface area contributed by atoms with Crippen LogP contribution in [0.5, 0.6) is 0 Å². The van der Waals surface area contributed by atoms with E-state index in [2.05, 4.69) is 5.32 Å². The summed E-state index contributed by atoms with van der Waals surface area (Å²) in [6.45, 7) is 3.64. The van der Waals surface area contributed by atoms with E-state index in [9.17, 15) is 4.79 Å². The minimum Gasteiger partial charge on any atom is -0.481 e. The minimum atomic E-state index is -0.852. The average molecular weight is 262 g/mol. The first-order valence-corrected chi connectivity index (χ1v) is 5.59. The molecule has 0 aliphatic heterocycles. The molecule has 2 N–H and O–H groups in total. The van der Waals surface area contributed by atoms with Crippen LogP contribution in [0.3, 0.4) is 0 Å². The van der Waals surface area contributed by atoms with Crippen molar-refractivity contribution in [2.24, 2.45) is 0 Å². The van der Waals surface area contributed by atoms with Crippen LogP contribution in [0, 0.1) is 6.92 Å². The summed E-state index contributed by atoms with van der Waals surface area (Å²) in [5.74, 6) is -0.852. The lowest BCUT2D eigenvalue weighted by atomic mass is 10.2. The lowest BCUT2D eigenvalue weighted by molar-refractivity contribution is -0.137. The number of hydrogen-bond donors (Lipinski definition) is 2. The van der Waals surface area contributed by atoms with Crippen LogP contribution < -0.4 is 5.32 Å². The molecule has 5 heteroatoms. The standard InChI is InChI=1S/C11H13Cl2NO2/c1-6-3-9(13)10(5-8(6)12)14-7(2)4-11(15)16/h3,5,7,14H,4H2,1-2H3,(H,15,16). The quantitative estimate of drug-likeness (QED) is 0.871. The number of hydrogen-bond acceptors (Lipinski definition) is 2. The highest BCUT2D eigenvalue weighted by Gasteiger charge is 2.10. The molecule has 1 aromatic rings. The van der Waals surface area contributed by atoms with E-state index in [4.69, 9.17) is 28.3 Å². The van der Waals surface area contributed by atoms with Gasteiger partial charge in [-0.3, -0.25) is 4.79 Å². The zero-order valence-corrected chi connectivity index (χ0v) is 10.6. The summed E-state index contributed by atoms with van der Waals surface area (Å²) in [6.07, 6.45) is 0.0296. The van der Waals surface area contributed by atoms with Gasteiger partial charge in [0.1, 0.15) is 0 Å². The Balaban J connectivity index is 2.81. The van der Waals surface area contributed by atoms with Crippen LogP contribution in [0.15, 0.2) is 12.1 Å². The van der Waals surface area contributed by atoms with Gasteiger partial charge in [0.2, 0.25) is 0 Å². The highest BCUT2D eigenvalue weighted by atomic mass is 35.5. The molecule has 1 atom stereocenters. The van der Waals surface area contributed by atoms with Crippen molar-refractivity contribution in [1.29, 1.82) is 0 Å². The van der Waals surface area contributed by atoms with Crippen molar-refractivity contribution in [2.75, 3.05) is 5.32 Å². The summed E-state index contributed by atoms with van der Waals surface area (Å²) in [5, 5.41) is 12.8. The van der Waals surface area contributed by atoms with Crippen LogP contribution in [-0.4, -0.2) is 17.1 Å². The molecule has 0 bridgehead atoms. The molecule has 0 aliphatic carbocycles. The monoisotopic (exact) mass is 261 g/mol. The molecule has 0 amide bonds. The molecule has 0 aliphatic rings. The molecule has 0 saturated carbocycles. The van der Waals surface area contributed by atoms with Gasteiger partial charge in [-0.25, -0.2) is 0 Å². The molecule has 1 rings (SSSR count). The number of aryl methyl sites for hydroxylation is 1. The Kier molecular flexibility index (Phi) is 4.44. The molecular formula is C11H13Cl2NO2. The van der Waals surface area contributed by atoms with E-state index >= 15 is 0 Å². The second-order valence-electron chi connectivity index (χ2n) is 3.72. The molecule has 0 aromatic heterocycles. The number of halogens is 2. The summed E-state index contributed by atoms with van der Waals surface area (Å²) < 4.78 is 0. The van der Waals surface area contributed by atoms with E-state index in [1.165, 1.54) is 0 Å². The molecule has 1 aromatic carbocycles. The van der Waals surface area contributed by atoms with Gasteiger partial charge < -0.3 is 10.4 Å². The smallest absolute Gasteiger partial charge is 0.305 e. The first kappa shape index (κ1) is 13.1. The summed E-state index contributed by atoms with van der Waals surface area (Å²) in [6, 6.07) is 3.26. The third-order valence-electron chi connectivity index (χ3n) is 2.13. The molecule has 88 valence electrons.